The molecule has 1 N–H and O–H groups in total. The molecule has 3 heteroatoms. The summed E-state index contributed by atoms with van der Waals surface area (Å²) in [6, 6.07) is 0. The summed E-state index contributed by atoms with van der Waals surface area (Å²) in [6.07, 6.45) is 12.0. The molecule has 2 nitrogen and oxygen atoms in total. The van der Waals surface area contributed by atoms with Gasteiger partial charge in [-0.2, -0.15) is 0 Å². The predicted octanol–water partition coefficient (Wildman–Crippen LogP) is 5.02. The van der Waals surface area contributed by atoms with Gasteiger partial charge < -0.3 is 5.32 Å². The van der Waals surface area contributed by atoms with Crippen LogP contribution in [-0.2, 0) is 4.79 Å². The minimum atomic E-state index is -0.226. The van der Waals surface area contributed by atoms with Crippen LogP contribution in [0.5, 0.6) is 0 Å². The van der Waals surface area contributed by atoms with Crippen LogP contribution >= 0.6 is 0 Å². The molecule has 21 heavy (non-hydrogen) atoms. The molecule has 118 valence electrons. The van der Waals surface area contributed by atoms with E-state index in [9.17, 15) is 9.18 Å². The third-order valence-electron chi connectivity index (χ3n) is 4.83. The van der Waals surface area contributed by atoms with Gasteiger partial charge in [-0.15, -0.1) is 0 Å². The highest BCUT2D eigenvalue weighted by molar-refractivity contribution is 5.84. The van der Waals surface area contributed by atoms with Crippen molar-refractivity contribution in [2.24, 2.45) is 11.3 Å². The maximum atomic E-state index is 13.3. The van der Waals surface area contributed by atoms with E-state index in [1.54, 1.807) is 6.08 Å². The summed E-state index contributed by atoms with van der Waals surface area (Å²) in [6.45, 7) is 4.41. The normalized spacial score (nSPS) is 21.7. The Balaban J connectivity index is 2.05. The lowest BCUT2D eigenvalue weighted by Crippen LogP contribution is -2.42. The van der Waals surface area contributed by atoms with E-state index in [4.69, 9.17) is 0 Å². The average molecular weight is 293 g/mol. The summed E-state index contributed by atoms with van der Waals surface area (Å²) in [5.74, 6) is 0.520. The lowest BCUT2D eigenvalue weighted by Gasteiger charge is -2.37. The Bertz CT molecular complexity index is 430. The Kier molecular flexibility index (Phi) is 5.60. The molecule has 1 fully saturated rings. The van der Waals surface area contributed by atoms with Crippen LogP contribution in [0.1, 0.15) is 71.6 Å². The second-order valence-corrected chi connectivity index (χ2v) is 7.02. The van der Waals surface area contributed by atoms with Crippen molar-refractivity contribution in [1.82, 2.24) is 5.32 Å². The Labute approximate surface area is 127 Å². The predicted molar refractivity (Wildman–Crippen MR) is 84.2 cm³/mol. The van der Waals surface area contributed by atoms with Crippen LogP contribution in [0.3, 0.4) is 0 Å². The molecule has 0 spiro atoms. The summed E-state index contributed by atoms with van der Waals surface area (Å²) < 4.78 is 13.3. The van der Waals surface area contributed by atoms with E-state index < -0.39 is 0 Å². The van der Waals surface area contributed by atoms with Crippen molar-refractivity contribution >= 4 is 5.91 Å². The molecule has 0 radical (unpaired) electrons. The van der Waals surface area contributed by atoms with Crippen molar-refractivity contribution in [2.45, 2.75) is 71.6 Å². The lowest BCUT2D eigenvalue weighted by atomic mass is 9.69. The van der Waals surface area contributed by atoms with Gasteiger partial charge in [-0.25, -0.2) is 4.39 Å². The molecule has 0 bridgehead atoms. The SMILES string of the molecule is CC(C)CCC1(C(=O)NC2=CC(F)=CCC2)CCCCC1. The Morgan fingerprint density at radius 1 is 1.33 bits per heavy atom. The van der Waals surface area contributed by atoms with Crippen LogP contribution in [0.2, 0.25) is 0 Å². The molecule has 1 amide bonds. The first-order valence-corrected chi connectivity index (χ1v) is 8.39. The largest absolute Gasteiger partial charge is 0.329 e. The smallest absolute Gasteiger partial charge is 0.230 e. The second-order valence-electron chi connectivity index (χ2n) is 7.02. The van der Waals surface area contributed by atoms with Gasteiger partial charge in [-0.05, 0) is 56.6 Å². The Morgan fingerprint density at radius 2 is 2.05 bits per heavy atom. The minimum Gasteiger partial charge on any atom is -0.329 e. The third-order valence-corrected chi connectivity index (χ3v) is 4.83. The fraction of sp³-hybridized carbons (Fsp3) is 0.722. The van der Waals surface area contributed by atoms with Gasteiger partial charge in [0.25, 0.3) is 0 Å². The van der Waals surface area contributed by atoms with E-state index in [0.29, 0.717) is 12.3 Å². The molecule has 0 aromatic carbocycles. The number of nitrogens with one attached hydrogen (secondary N) is 1. The summed E-state index contributed by atoms with van der Waals surface area (Å²) >= 11 is 0. The fourth-order valence-electron chi connectivity index (χ4n) is 3.42. The topological polar surface area (TPSA) is 29.1 Å². The van der Waals surface area contributed by atoms with E-state index in [-0.39, 0.29) is 17.1 Å². The zero-order chi connectivity index (χ0) is 15.3. The highest BCUT2D eigenvalue weighted by Gasteiger charge is 2.39. The van der Waals surface area contributed by atoms with Crippen molar-refractivity contribution in [3.63, 3.8) is 0 Å². The number of amides is 1. The average Bonchev–Trinajstić information content (AvgIpc) is 2.46. The first kappa shape index (κ1) is 16.3. The van der Waals surface area contributed by atoms with Crippen molar-refractivity contribution < 1.29 is 9.18 Å². The van der Waals surface area contributed by atoms with Gasteiger partial charge in [-0.3, -0.25) is 4.79 Å². The van der Waals surface area contributed by atoms with Crippen LogP contribution in [0.4, 0.5) is 4.39 Å². The first-order valence-electron chi connectivity index (χ1n) is 8.39. The number of hydrogen-bond donors (Lipinski definition) is 1. The van der Waals surface area contributed by atoms with Crippen molar-refractivity contribution in [3.05, 3.63) is 23.7 Å². The van der Waals surface area contributed by atoms with E-state index in [2.05, 4.69) is 19.2 Å². The highest BCUT2D eigenvalue weighted by atomic mass is 19.1. The Hall–Kier alpha value is -1.12. The minimum absolute atomic E-state index is 0.129. The molecule has 2 rings (SSSR count). The number of carbonyl (C=O) groups excluding carboxylic acids is 1. The summed E-state index contributed by atoms with van der Waals surface area (Å²) in [5, 5.41) is 3.02. The number of carbonyl (C=O) groups is 1. The van der Waals surface area contributed by atoms with Crippen LogP contribution in [0.25, 0.3) is 0 Å². The lowest BCUT2D eigenvalue weighted by molar-refractivity contribution is -0.133. The summed E-state index contributed by atoms with van der Waals surface area (Å²) in [4.78, 5) is 12.8. The molecule has 2 aliphatic rings. The van der Waals surface area contributed by atoms with Gasteiger partial charge in [0.2, 0.25) is 5.91 Å². The molecule has 1 saturated carbocycles. The van der Waals surface area contributed by atoms with E-state index in [1.807, 2.05) is 0 Å². The van der Waals surface area contributed by atoms with Gasteiger partial charge in [0, 0.05) is 11.1 Å². The molecule has 2 aliphatic carbocycles. The molecular weight excluding hydrogens is 265 g/mol. The molecule has 0 aliphatic heterocycles. The third kappa shape index (κ3) is 4.42. The molecule has 0 saturated heterocycles. The van der Waals surface area contributed by atoms with Crippen molar-refractivity contribution in [2.75, 3.05) is 0 Å². The van der Waals surface area contributed by atoms with Crippen LogP contribution < -0.4 is 5.32 Å². The van der Waals surface area contributed by atoms with E-state index in [1.165, 1.54) is 12.5 Å². The van der Waals surface area contributed by atoms with E-state index in [0.717, 1.165) is 50.6 Å². The summed E-state index contributed by atoms with van der Waals surface area (Å²) in [7, 11) is 0. The van der Waals surface area contributed by atoms with Crippen molar-refractivity contribution in [1.29, 1.82) is 0 Å². The maximum Gasteiger partial charge on any atom is 0.230 e. The molecule has 0 aromatic rings. The van der Waals surface area contributed by atoms with Crippen LogP contribution in [0.15, 0.2) is 23.7 Å². The molecule has 0 heterocycles. The van der Waals surface area contributed by atoms with Gasteiger partial charge in [0.15, 0.2) is 0 Å². The van der Waals surface area contributed by atoms with Crippen molar-refractivity contribution in [3.8, 4) is 0 Å². The standard InChI is InChI=1S/C18H28FNO/c1-14(2)9-12-18(10-4-3-5-11-18)17(21)20-16-8-6-7-15(19)13-16/h7,13-14H,3-6,8-12H2,1-2H3,(H,20,21). The van der Waals surface area contributed by atoms with Gasteiger partial charge in [0.1, 0.15) is 5.83 Å². The van der Waals surface area contributed by atoms with Gasteiger partial charge >= 0.3 is 0 Å². The maximum absolute atomic E-state index is 13.3. The quantitative estimate of drug-likeness (QED) is 0.757. The number of allylic oxidation sites excluding steroid dienone is 4. The molecule has 0 aromatic heterocycles. The van der Waals surface area contributed by atoms with Gasteiger partial charge in [0.05, 0.1) is 0 Å². The summed E-state index contributed by atoms with van der Waals surface area (Å²) in [5.41, 5.74) is 0.524. The zero-order valence-electron chi connectivity index (χ0n) is 13.4. The number of rotatable bonds is 5. The fourth-order valence-corrected chi connectivity index (χ4v) is 3.42. The Morgan fingerprint density at radius 3 is 2.67 bits per heavy atom. The zero-order valence-corrected chi connectivity index (χ0v) is 13.4. The molecular formula is C18H28FNO. The first-order chi connectivity index (χ1) is 10.0. The monoisotopic (exact) mass is 293 g/mol. The number of hydrogen-bond acceptors (Lipinski definition) is 1. The highest BCUT2D eigenvalue weighted by Crippen LogP contribution is 2.41. The van der Waals surface area contributed by atoms with Gasteiger partial charge in [-0.1, -0.05) is 33.1 Å². The second kappa shape index (κ2) is 7.24. The molecule has 0 unspecified atom stereocenters. The van der Waals surface area contributed by atoms with Crippen LogP contribution in [-0.4, -0.2) is 5.91 Å². The van der Waals surface area contributed by atoms with Crippen LogP contribution in [0, 0.1) is 11.3 Å². The number of halogens is 1. The molecule has 0 atom stereocenters. The van der Waals surface area contributed by atoms with E-state index >= 15 is 0 Å².